The molecule has 0 saturated heterocycles. The molecule has 1 atom stereocenters. The Bertz CT molecular complexity index is 659. The van der Waals surface area contributed by atoms with Gasteiger partial charge in [-0.3, -0.25) is 4.79 Å². The Morgan fingerprint density at radius 1 is 1.14 bits per heavy atom. The maximum atomic E-state index is 11.9. The largest absolute Gasteiger partial charge is 0.479 e. The minimum Gasteiger partial charge on any atom is -0.479 e. The van der Waals surface area contributed by atoms with E-state index >= 15 is 0 Å². The van der Waals surface area contributed by atoms with Gasteiger partial charge in [-0.15, -0.1) is 0 Å². The monoisotopic (exact) mass is 327 g/mol. The average molecular weight is 327 g/mol. The summed E-state index contributed by atoms with van der Waals surface area (Å²) in [5.41, 5.74) is 2.15. The second-order valence-electron chi connectivity index (χ2n) is 5.62. The van der Waals surface area contributed by atoms with Crippen molar-refractivity contribution in [3.05, 3.63) is 34.9 Å². The van der Waals surface area contributed by atoms with Crippen molar-refractivity contribution in [2.75, 3.05) is 5.75 Å². The third-order valence-corrected chi connectivity index (χ3v) is 5.28. The molecule has 1 amide bonds. The predicted octanol–water partition coefficient (Wildman–Crippen LogP) is 1.37. The van der Waals surface area contributed by atoms with E-state index in [4.69, 9.17) is 0 Å². The van der Waals surface area contributed by atoms with E-state index in [1.807, 2.05) is 19.9 Å². The molecular weight excluding hydrogens is 306 g/mol. The van der Waals surface area contributed by atoms with Gasteiger partial charge in [0.1, 0.15) is 5.75 Å². The topological polar surface area (TPSA) is 101 Å². The van der Waals surface area contributed by atoms with Crippen molar-refractivity contribution in [2.45, 2.75) is 39.0 Å². The van der Waals surface area contributed by atoms with Gasteiger partial charge in [0.05, 0.1) is 5.25 Å². The van der Waals surface area contributed by atoms with Crippen molar-refractivity contribution in [2.24, 2.45) is 0 Å². The molecule has 1 unspecified atom stereocenters. The van der Waals surface area contributed by atoms with Crippen molar-refractivity contribution >= 4 is 21.7 Å². The van der Waals surface area contributed by atoms with E-state index in [0.29, 0.717) is 5.56 Å². The number of rotatable bonds is 6. The minimum atomic E-state index is -3.57. The van der Waals surface area contributed by atoms with Crippen LogP contribution in [-0.2, 0) is 19.4 Å². The predicted molar refractivity (Wildman–Crippen MR) is 83.4 cm³/mol. The van der Waals surface area contributed by atoms with E-state index in [1.54, 1.807) is 12.1 Å². The third kappa shape index (κ3) is 4.84. The normalized spacial score (nSPS) is 13.0. The van der Waals surface area contributed by atoms with Crippen molar-refractivity contribution in [3.8, 4) is 0 Å². The summed E-state index contributed by atoms with van der Waals surface area (Å²) < 4.78 is 23.5. The molecule has 0 bridgehead atoms. The second kappa shape index (κ2) is 6.91. The number of aliphatic carboxylic acids is 1. The number of carbonyl (C=O) groups is 2. The fourth-order valence-electron chi connectivity index (χ4n) is 2.02. The Hall–Kier alpha value is -1.89. The quantitative estimate of drug-likeness (QED) is 0.822. The van der Waals surface area contributed by atoms with Crippen molar-refractivity contribution in [1.29, 1.82) is 0 Å². The molecule has 0 fully saturated rings. The molecule has 1 aromatic rings. The summed E-state index contributed by atoms with van der Waals surface area (Å²) in [5.74, 6) is -2.78. The molecule has 2 N–H and O–H groups in total. The van der Waals surface area contributed by atoms with Crippen LogP contribution in [0.5, 0.6) is 0 Å². The van der Waals surface area contributed by atoms with Gasteiger partial charge in [-0.05, 0) is 33.3 Å². The smallest absolute Gasteiger partial charge is 0.330 e. The molecule has 0 aliphatic carbocycles. The molecular formula is C15H21NO5S. The van der Waals surface area contributed by atoms with Crippen LogP contribution in [0.3, 0.4) is 0 Å². The number of carboxylic acid groups (broad SMARTS) is 1. The first-order valence-corrected chi connectivity index (χ1v) is 8.56. The number of amides is 1. The summed E-state index contributed by atoms with van der Waals surface area (Å²) in [6, 6.07) is 3.92. The molecule has 22 heavy (non-hydrogen) atoms. The fourth-order valence-corrected chi connectivity index (χ4v) is 2.80. The van der Waals surface area contributed by atoms with Crippen LogP contribution in [0, 0.1) is 13.8 Å². The summed E-state index contributed by atoms with van der Waals surface area (Å²) in [7, 11) is -3.57. The highest BCUT2D eigenvalue weighted by Gasteiger charge is 2.26. The highest BCUT2D eigenvalue weighted by Crippen LogP contribution is 2.17. The Labute approximate surface area is 130 Å². The van der Waals surface area contributed by atoms with Gasteiger partial charge in [0.15, 0.2) is 15.9 Å². The molecule has 122 valence electrons. The molecule has 1 aromatic carbocycles. The number of carbonyl (C=O) groups excluding carboxylic acids is 1. The highest BCUT2D eigenvalue weighted by molar-refractivity contribution is 7.92. The Morgan fingerprint density at radius 3 is 2.05 bits per heavy atom. The van der Waals surface area contributed by atoms with Crippen LogP contribution >= 0.6 is 0 Å². The van der Waals surface area contributed by atoms with Gasteiger partial charge in [-0.1, -0.05) is 29.3 Å². The van der Waals surface area contributed by atoms with Gasteiger partial charge < -0.3 is 10.4 Å². The molecule has 7 heteroatoms. The van der Waals surface area contributed by atoms with Crippen LogP contribution in [0.15, 0.2) is 18.2 Å². The van der Waals surface area contributed by atoms with Gasteiger partial charge >= 0.3 is 5.97 Å². The third-order valence-electron chi connectivity index (χ3n) is 3.18. The van der Waals surface area contributed by atoms with Crippen molar-refractivity contribution in [3.63, 3.8) is 0 Å². The lowest BCUT2D eigenvalue weighted by atomic mass is 10.0. The van der Waals surface area contributed by atoms with Crippen molar-refractivity contribution < 1.29 is 23.1 Å². The van der Waals surface area contributed by atoms with Crippen LogP contribution in [-0.4, -0.2) is 36.4 Å². The standard InChI is InChI=1S/C15H21NO5S/c1-9(2)22(20,21)8-13(17)16-14(15(18)19)12-6-10(3)5-11(4)7-12/h5-7,9,14H,8H2,1-4H3,(H,16,17)(H,18,19). The minimum absolute atomic E-state index is 0.417. The van der Waals surface area contributed by atoms with E-state index in [2.05, 4.69) is 5.32 Å². The average Bonchev–Trinajstić information content (AvgIpc) is 2.33. The SMILES string of the molecule is Cc1cc(C)cc(C(NC(=O)CS(=O)(=O)C(C)C)C(=O)O)c1. The zero-order valence-corrected chi connectivity index (χ0v) is 13.9. The van der Waals surface area contributed by atoms with E-state index in [-0.39, 0.29) is 0 Å². The van der Waals surface area contributed by atoms with Crippen LogP contribution in [0.25, 0.3) is 0 Å². The second-order valence-corrected chi connectivity index (χ2v) is 8.17. The number of benzene rings is 1. The van der Waals surface area contributed by atoms with E-state index < -0.39 is 38.8 Å². The number of hydrogen-bond acceptors (Lipinski definition) is 4. The van der Waals surface area contributed by atoms with E-state index in [1.165, 1.54) is 13.8 Å². The number of nitrogens with one attached hydrogen (secondary N) is 1. The van der Waals surface area contributed by atoms with Crippen LogP contribution in [0.1, 0.15) is 36.6 Å². The maximum Gasteiger partial charge on any atom is 0.330 e. The van der Waals surface area contributed by atoms with E-state index in [0.717, 1.165) is 11.1 Å². The lowest BCUT2D eigenvalue weighted by molar-refractivity contribution is -0.141. The van der Waals surface area contributed by atoms with E-state index in [9.17, 15) is 23.1 Å². The summed E-state index contributed by atoms with van der Waals surface area (Å²) in [6.45, 7) is 6.59. The number of sulfone groups is 1. The summed E-state index contributed by atoms with van der Waals surface area (Å²) in [6.07, 6.45) is 0. The molecule has 6 nitrogen and oxygen atoms in total. The molecule has 0 saturated carbocycles. The highest BCUT2D eigenvalue weighted by atomic mass is 32.2. The first kappa shape index (κ1) is 18.2. The molecule has 0 spiro atoms. The lowest BCUT2D eigenvalue weighted by Gasteiger charge is -2.17. The van der Waals surface area contributed by atoms with Crippen LogP contribution < -0.4 is 5.32 Å². The Balaban J connectivity index is 2.99. The van der Waals surface area contributed by atoms with Crippen LogP contribution in [0.2, 0.25) is 0 Å². The Morgan fingerprint density at radius 2 is 1.64 bits per heavy atom. The zero-order chi connectivity index (χ0) is 17.1. The lowest BCUT2D eigenvalue weighted by Crippen LogP contribution is -2.38. The number of carboxylic acids is 1. The summed E-state index contributed by atoms with van der Waals surface area (Å²) in [5, 5.41) is 10.9. The Kier molecular flexibility index (Phi) is 5.71. The maximum absolute atomic E-state index is 11.9. The van der Waals surface area contributed by atoms with Crippen molar-refractivity contribution in [1.82, 2.24) is 5.32 Å². The molecule has 0 aliphatic rings. The number of aryl methyl sites for hydroxylation is 2. The first-order chi connectivity index (χ1) is 10.0. The van der Waals surface area contributed by atoms with Gasteiger partial charge in [0, 0.05) is 0 Å². The molecule has 0 aliphatic heterocycles. The molecule has 0 aromatic heterocycles. The summed E-state index contributed by atoms with van der Waals surface area (Å²) >= 11 is 0. The molecule has 0 radical (unpaired) electrons. The molecule has 0 heterocycles. The van der Waals surface area contributed by atoms with Gasteiger partial charge in [0.25, 0.3) is 0 Å². The van der Waals surface area contributed by atoms with Gasteiger partial charge in [0.2, 0.25) is 5.91 Å². The van der Waals surface area contributed by atoms with Gasteiger partial charge in [-0.25, -0.2) is 13.2 Å². The summed E-state index contributed by atoms with van der Waals surface area (Å²) in [4.78, 5) is 23.3. The molecule has 1 rings (SSSR count). The van der Waals surface area contributed by atoms with Gasteiger partial charge in [-0.2, -0.15) is 0 Å². The fraction of sp³-hybridized carbons (Fsp3) is 0.467. The number of hydrogen-bond donors (Lipinski definition) is 2. The zero-order valence-electron chi connectivity index (χ0n) is 13.1. The van der Waals surface area contributed by atoms with Crippen LogP contribution in [0.4, 0.5) is 0 Å². The first-order valence-electron chi connectivity index (χ1n) is 6.85.